The van der Waals surface area contributed by atoms with Crippen LogP contribution in [-0.4, -0.2) is 57.2 Å². The number of carboxylic acids is 1. The highest BCUT2D eigenvalue weighted by Gasteiger charge is 2.44. The fourth-order valence-electron chi connectivity index (χ4n) is 3.51. The number of carbonyl (C=O) groups is 3. The van der Waals surface area contributed by atoms with E-state index in [4.69, 9.17) is 9.72 Å². The number of nitrogens with one attached hydrogen (secondary N) is 1. The summed E-state index contributed by atoms with van der Waals surface area (Å²) in [6, 6.07) is 3.46. The second-order valence-corrected chi connectivity index (χ2v) is 11.9. The molecule has 1 aromatic heterocycles. The highest BCUT2D eigenvalue weighted by molar-refractivity contribution is 5.98. The lowest BCUT2D eigenvalue weighted by molar-refractivity contribution is -0.146. The number of pyridine rings is 1. The van der Waals surface area contributed by atoms with Crippen LogP contribution in [0.3, 0.4) is 0 Å². The number of hydrogen-bond donors (Lipinski definition) is 2. The summed E-state index contributed by atoms with van der Waals surface area (Å²) < 4.78 is 5.39. The van der Waals surface area contributed by atoms with Gasteiger partial charge in [0.15, 0.2) is 0 Å². The Morgan fingerprint density at radius 1 is 0.939 bits per heavy atom. The molecule has 0 atom stereocenters. The van der Waals surface area contributed by atoms with Crippen molar-refractivity contribution < 1.29 is 24.2 Å². The van der Waals surface area contributed by atoms with E-state index in [0.717, 1.165) is 11.4 Å². The Morgan fingerprint density at radius 2 is 1.39 bits per heavy atom. The minimum atomic E-state index is -1.46. The number of likely N-dealkylation sites (tertiary alicyclic amines) is 1. The van der Waals surface area contributed by atoms with Gasteiger partial charge in [-0.2, -0.15) is 0 Å². The number of carboxylic acid groups (broad SMARTS) is 1. The van der Waals surface area contributed by atoms with E-state index in [1.807, 2.05) is 41.5 Å². The number of ether oxygens (including phenoxy) is 1. The Balaban J connectivity index is 2.28. The maximum atomic E-state index is 13.3. The molecule has 8 heteroatoms. The summed E-state index contributed by atoms with van der Waals surface area (Å²) in [6.45, 7) is 17.8. The molecule has 0 unspecified atom stereocenters. The van der Waals surface area contributed by atoms with Crippen molar-refractivity contribution >= 4 is 18.0 Å². The normalized spacial score (nSPS) is 16.8. The van der Waals surface area contributed by atoms with Crippen LogP contribution in [0.4, 0.5) is 4.79 Å². The molecule has 0 saturated carbocycles. The number of piperidine rings is 1. The number of amides is 2. The number of carbonyl (C=O) groups excluding carboxylic acids is 2. The lowest BCUT2D eigenvalue weighted by Crippen LogP contribution is -2.61. The molecule has 184 valence electrons. The van der Waals surface area contributed by atoms with Crippen LogP contribution in [0.15, 0.2) is 12.1 Å². The monoisotopic (exact) mass is 461 g/mol. The van der Waals surface area contributed by atoms with Crippen molar-refractivity contribution in [1.82, 2.24) is 15.2 Å². The van der Waals surface area contributed by atoms with E-state index in [1.165, 1.54) is 4.90 Å². The summed E-state index contributed by atoms with van der Waals surface area (Å²) in [7, 11) is 0. The first kappa shape index (κ1) is 26.6. The van der Waals surface area contributed by atoms with Gasteiger partial charge in [0.2, 0.25) is 0 Å². The molecule has 1 saturated heterocycles. The highest BCUT2D eigenvalue weighted by Crippen LogP contribution is 2.29. The summed E-state index contributed by atoms with van der Waals surface area (Å²) in [5, 5.41) is 12.8. The van der Waals surface area contributed by atoms with Crippen LogP contribution in [0.2, 0.25) is 0 Å². The van der Waals surface area contributed by atoms with Crippen molar-refractivity contribution in [1.29, 1.82) is 0 Å². The maximum Gasteiger partial charge on any atom is 0.410 e. The molecule has 33 heavy (non-hydrogen) atoms. The molecule has 0 aromatic carbocycles. The molecule has 0 bridgehead atoms. The molecule has 0 spiro atoms. The average molecular weight is 462 g/mol. The summed E-state index contributed by atoms with van der Waals surface area (Å²) in [4.78, 5) is 44.1. The van der Waals surface area contributed by atoms with E-state index in [2.05, 4.69) is 5.32 Å². The average Bonchev–Trinajstić information content (AvgIpc) is 2.65. The van der Waals surface area contributed by atoms with Gasteiger partial charge in [-0.25, -0.2) is 9.59 Å². The molecular formula is C25H39N3O5. The standard InChI is InChI=1S/C25H39N3O5/c1-22(2,3)17-14-16(15-18(26-17)23(4,5)6)19(29)27-25(20(30)31)10-12-28(13-11-25)21(32)33-24(7,8)9/h14-15H,10-13H2,1-9H3,(H,27,29)(H,30,31). The van der Waals surface area contributed by atoms with Gasteiger partial charge in [0.25, 0.3) is 5.91 Å². The molecule has 2 heterocycles. The quantitative estimate of drug-likeness (QED) is 0.696. The second kappa shape index (κ2) is 8.95. The molecule has 0 radical (unpaired) electrons. The fourth-order valence-corrected chi connectivity index (χ4v) is 3.51. The van der Waals surface area contributed by atoms with Gasteiger partial charge in [-0.15, -0.1) is 0 Å². The van der Waals surface area contributed by atoms with E-state index >= 15 is 0 Å². The maximum absolute atomic E-state index is 13.3. The number of hydrogen-bond acceptors (Lipinski definition) is 5. The largest absolute Gasteiger partial charge is 0.480 e. The minimum absolute atomic E-state index is 0.0939. The molecule has 1 aliphatic heterocycles. The van der Waals surface area contributed by atoms with Crippen molar-refractivity contribution in [3.63, 3.8) is 0 Å². The van der Waals surface area contributed by atoms with Gasteiger partial charge in [-0.1, -0.05) is 41.5 Å². The Bertz CT molecular complexity index is 879. The summed E-state index contributed by atoms with van der Waals surface area (Å²) in [6.07, 6.45) is -0.292. The molecule has 0 aliphatic carbocycles. The Morgan fingerprint density at radius 3 is 1.76 bits per heavy atom. The summed E-state index contributed by atoms with van der Waals surface area (Å²) >= 11 is 0. The van der Waals surface area contributed by atoms with E-state index in [1.54, 1.807) is 32.9 Å². The van der Waals surface area contributed by atoms with E-state index in [0.29, 0.717) is 5.56 Å². The minimum Gasteiger partial charge on any atom is -0.480 e. The van der Waals surface area contributed by atoms with Crippen LogP contribution in [0.5, 0.6) is 0 Å². The third-order valence-electron chi connectivity index (χ3n) is 5.66. The predicted molar refractivity (Wildman–Crippen MR) is 127 cm³/mol. The van der Waals surface area contributed by atoms with Gasteiger partial charge in [0.05, 0.1) is 0 Å². The molecule has 2 amide bonds. The third-order valence-corrected chi connectivity index (χ3v) is 5.66. The van der Waals surface area contributed by atoms with Crippen molar-refractivity contribution in [3.05, 3.63) is 29.1 Å². The zero-order valence-electron chi connectivity index (χ0n) is 21.5. The summed E-state index contributed by atoms with van der Waals surface area (Å²) in [5.41, 5.74) is -0.728. The smallest absolute Gasteiger partial charge is 0.410 e. The highest BCUT2D eigenvalue weighted by atomic mass is 16.6. The molecular weight excluding hydrogens is 422 g/mol. The van der Waals surface area contributed by atoms with Crippen molar-refractivity contribution in [2.75, 3.05) is 13.1 Å². The van der Waals surface area contributed by atoms with Crippen LogP contribution in [0, 0.1) is 0 Å². The molecule has 2 rings (SSSR count). The molecule has 8 nitrogen and oxygen atoms in total. The molecule has 1 aliphatic rings. The lowest BCUT2D eigenvalue weighted by atomic mass is 9.85. The van der Waals surface area contributed by atoms with Gasteiger partial charge in [-0.05, 0) is 45.7 Å². The Hall–Kier alpha value is -2.64. The van der Waals surface area contributed by atoms with Crippen molar-refractivity contribution in [2.45, 2.75) is 97.1 Å². The van der Waals surface area contributed by atoms with Gasteiger partial charge in [-0.3, -0.25) is 9.78 Å². The van der Waals surface area contributed by atoms with Gasteiger partial charge >= 0.3 is 12.1 Å². The first-order valence-electron chi connectivity index (χ1n) is 11.4. The lowest BCUT2D eigenvalue weighted by Gasteiger charge is -2.39. The molecule has 1 fully saturated rings. The van der Waals surface area contributed by atoms with Crippen LogP contribution >= 0.6 is 0 Å². The van der Waals surface area contributed by atoms with E-state index in [9.17, 15) is 19.5 Å². The van der Waals surface area contributed by atoms with Crippen LogP contribution in [0.25, 0.3) is 0 Å². The van der Waals surface area contributed by atoms with Gasteiger partial charge in [0, 0.05) is 40.9 Å². The fraction of sp³-hybridized carbons (Fsp3) is 0.680. The number of aliphatic carboxylic acids is 1. The van der Waals surface area contributed by atoms with Crippen LogP contribution in [0.1, 0.15) is 96.9 Å². The van der Waals surface area contributed by atoms with E-state index in [-0.39, 0.29) is 36.8 Å². The second-order valence-electron chi connectivity index (χ2n) is 11.9. The predicted octanol–water partition coefficient (Wildman–Crippen LogP) is 4.26. The van der Waals surface area contributed by atoms with Gasteiger partial charge < -0.3 is 20.1 Å². The van der Waals surface area contributed by atoms with Crippen LogP contribution < -0.4 is 5.32 Å². The Labute approximate surface area is 197 Å². The van der Waals surface area contributed by atoms with Crippen molar-refractivity contribution in [2.24, 2.45) is 0 Å². The number of aromatic nitrogens is 1. The first-order chi connectivity index (χ1) is 14.8. The number of nitrogens with zero attached hydrogens (tertiary/aromatic N) is 2. The number of rotatable bonds is 3. The van der Waals surface area contributed by atoms with Crippen LogP contribution in [-0.2, 0) is 20.4 Å². The molecule has 1 aromatic rings. The molecule has 2 N–H and O–H groups in total. The topological polar surface area (TPSA) is 109 Å². The van der Waals surface area contributed by atoms with Gasteiger partial charge in [0.1, 0.15) is 11.1 Å². The SMILES string of the molecule is CC(C)(C)OC(=O)N1CCC(NC(=O)c2cc(C(C)(C)C)nc(C(C)(C)C)c2)(C(=O)O)CC1. The summed E-state index contributed by atoms with van der Waals surface area (Å²) in [5.74, 6) is -1.57. The third kappa shape index (κ3) is 6.68. The first-order valence-corrected chi connectivity index (χ1v) is 11.4. The Kier molecular flexibility index (Phi) is 7.22. The zero-order chi connectivity index (χ0) is 25.4. The van der Waals surface area contributed by atoms with Crippen molar-refractivity contribution in [3.8, 4) is 0 Å². The van der Waals surface area contributed by atoms with E-state index < -0.39 is 29.1 Å². The zero-order valence-corrected chi connectivity index (χ0v) is 21.5.